The number of furan rings is 1. The number of para-hydroxylation sites is 1. The number of hydrogen-bond donors (Lipinski definition) is 1. The Hall–Kier alpha value is -1.48. The molecule has 0 radical (unpaired) electrons. The Morgan fingerprint density at radius 1 is 1.31 bits per heavy atom. The standard InChI is InChI=1S/C12H12N2O.ClH/c1-2-4-11-10(3-1)9(8-15-11)7-12-13-5-6-14-12;/h1-4,8H,5-7H2,(H,13,14);1H. The van der Waals surface area contributed by atoms with Gasteiger partial charge in [0.05, 0.1) is 12.8 Å². The van der Waals surface area contributed by atoms with Crippen LogP contribution in [0.4, 0.5) is 0 Å². The average Bonchev–Trinajstić information content (AvgIpc) is 2.89. The molecular weight excluding hydrogens is 224 g/mol. The lowest BCUT2D eigenvalue weighted by molar-refractivity contribution is 0.612. The van der Waals surface area contributed by atoms with E-state index in [4.69, 9.17) is 4.42 Å². The molecule has 1 aromatic carbocycles. The lowest BCUT2D eigenvalue weighted by atomic mass is 10.1. The van der Waals surface area contributed by atoms with Gasteiger partial charge in [-0.1, -0.05) is 18.2 Å². The third-order valence-electron chi connectivity index (χ3n) is 2.66. The molecule has 0 bridgehead atoms. The molecule has 2 aromatic rings. The second-order valence-corrected chi connectivity index (χ2v) is 3.69. The number of nitrogens with zero attached hydrogens (tertiary/aromatic N) is 1. The van der Waals surface area contributed by atoms with Crippen LogP contribution < -0.4 is 5.32 Å². The van der Waals surface area contributed by atoms with E-state index in [2.05, 4.69) is 16.4 Å². The van der Waals surface area contributed by atoms with Crippen molar-refractivity contribution in [2.24, 2.45) is 4.99 Å². The van der Waals surface area contributed by atoms with Crippen LogP contribution >= 0.6 is 12.4 Å². The van der Waals surface area contributed by atoms with Gasteiger partial charge < -0.3 is 9.73 Å². The number of fused-ring (bicyclic) bond motifs is 1. The summed E-state index contributed by atoms with van der Waals surface area (Å²) in [5, 5.41) is 4.46. The summed E-state index contributed by atoms with van der Waals surface area (Å²) in [6, 6.07) is 8.10. The van der Waals surface area contributed by atoms with Gasteiger partial charge in [-0.15, -0.1) is 12.4 Å². The van der Waals surface area contributed by atoms with E-state index in [0.717, 1.165) is 30.9 Å². The quantitative estimate of drug-likeness (QED) is 0.870. The lowest BCUT2D eigenvalue weighted by Gasteiger charge is -1.99. The van der Waals surface area contributed by atoms with Crippen molar-refractivity contribution in [3.05, 3.63) is 36.1 Å². The first kappa shape index (κ1) is 11.0. The van der Waals surface area contributed by atoms with Crippen molar-refractivity contribution in [1.82, 2.24) is 5.32 Å². The fourth-order valence-electron chi connectivity index (χ4n) is 1.92. The van der Waals surface area contributed by atoms with Gasteiger partial charge in [0.15, 0.2) is 0 Å². The van der Waals surface area contributed by atoms with Gasteiger partial charge in [-0.25, -0.2) is 0 Å². The van der Waals surface area contributed by atoms with Gasteiger partial charge in [0.1, 0.15) is 11.4 Å². The topological polar surface area (TPSA) is 37.5 Å². The molecule has 0 spiro atoms. The van der Waals surface area contributed by atoms with Gasteiger partial charge in [0.2, 0.25) is 0 Å². The minimum Gasteiger partial charge on any atom is -0.464 e. The zero-order chi connectivity index (χ0) is 10.1. The molecule has 3 nitrogen and oxygen atoms in total. The molecule has 0 amide bonds. The predicted molar refractivity (Wildman–Crippen MR) is 67.5 cm³/mol. The van der Waals surface area contributed by atoms with E-state index >= 15 is 0 Å². The van der Waals surface area contributed by atoms with E-state index in [1.165, 1.54) is 10.9 Å². The molecule has 16 heavy (non-hydrogen) atoms. The summed E-state index contributed by atoms with van der Waals surface area (Å²) in [6.45, 7) is 1.86. The molecule has 0 saturated heterocycles. The molecule has 2 heterocycles. The smallest absolute Gasteiger partial charge is 0.134 e. The van der Waals surface area contributed by atoms with Crippen LogP contribution in [0.25, 0.3) is 11.0 Å². The number of halogens is 1. The Balaban J connectivity index is 0.000000963. The molecule has 4 heteroatoms. The van der Waals surface area contributed by atoms with Gasteiger partial charge >= 0.3 is 0 Å². The summed E-state index contributed by atoms with van der Waals surface area (Å²) in [6.07, 6.45) is 2.67. The first-order chi connectivity index (χ1) is 7.43. The van der Waals surface area contributed by atoms with Crippen LogP contribution in [0, 0.1) is 0 Å². The SMILES string of the molecule is Cl.c1ccc2c(CC3=NCCN3)coc2c1. The Kier molecular flexibility index (Phi) is 3.15. The van der Waals surface area contributed by atoms with Gasteiger partial charge in [0.25, 0.3) is 0 Å². The monoisotopic (exact) mass is 236 g/mol. The maximum absolute atomic E-state index is 5.48. The van der Waals surface area contributed by atoms with Crippen LogP contribution in [-0.4, -0.2) is 18.9 Å². The van der Waals surface area contributed by atoms with Crippen molar-refractivity contribution in [3.8, 4) is 0 Å². The molecule has 0 saturated carbocycles. The second-order valence-electron chi connectivity index (χ2n) is 3.69. The Morgan fingerprint density at radius 2 is 2.19 bits per heavy atom. The van der Waals surface area contributed by atoms with Crippen LogP contribution in [0.3, 0.4) is 0 Å². The fourth-order valence-corrected chi connectivity index (χ4v) is 1.92. The highest BCUT2D eigenvalue weighted by atomic mass is 35.5. The Bertz CT molecular complexity index is 518. The normalized spacial score (nSPS) is 14.4. The predicted octanol–water partition coefficient (Wildman–Crippen LogP) is 2.40. The van der Waals surface area contributed by atoms with Crippen LogP contribution in [-0.2, 0) is 6.42 Å². The number of nitrogens with one attached hydrogen (secondary N) is 1. The molecular formula is C12H13ClN2O. The van der Waals surface area contributed by atoms with Crippen molar-refractivity contribution < 1.29 is 4.42 Å². The molecule has 3 rings (SSSR count). The van der Waals surface area contributed by atoms with Gasteiger partial charge in [0, 0.05) is 23.9 Å². The van der Waals surface area contributed by atoms with E-state index < -0.39 is 0 Å². The van der Waals surface area contributed by atoms with Crippen LogP contribution in [0.1, 0.15) is 5.56 Å². The molecule has 84 valence electrons. The molecule has 1 aliphatic rings. The maximum Gasteiger partial charge on any atom is 0.134 e. The van der Waals surface area contributed by atoms with Crippen molar-refractivity contribution >= 4 is 29.2 Å². The molecule has 1 N–H and O–H groups in total. The second kappa shape index (κ2) is 4.58. The zero-order valence-electron chi connectivity index (χ0n) is 8.77. The van der Waals surface area contributed by atoms with E-state index in [1.54, 1.807) is 0 Å². The number of rotatable bonds is 2. The van der Waals surface area contributed by atoms with E-state index in [-0.39, 0.29) is 12.4 Å². The third-order valence-corrected chi connectivity index (χ3v) is 2.66. The summed E-state index contributed by atoms with van der Waals surface area (Å²) in [4.78, 5) is 4.38. The summed E-state index contributed by atoms with van der Waals surface area (Å²) < 4.78 is 5.48. The summed E-state index contributed by atoms with van der Waals surface area (Å²) in [5.41, 5.74) is 2.16. The van der Waals surface area contributed by atoms with Gasteiger partial charge in [-0.05, 0) is 6.07 Å². The molecule has 0 atom stereocenters. The third kappa shape index (κ3) is 1.91. The Labute approximate surface area is 100.0 Å². The summed E-state index contributed by atoms with van der Waals surface area (Å²) in [7, 11) is 0. The highest BCUT2D eigenvalue weighted by Gasteiger charge is 2.10. The van der Waals surface area contributed by atoms with E-state index in [1.807, 2.05) is 24.5 Å². The number of benzene rings is 1. The van der Waals surface area contributed by atoms with Crippen molar-refractivity contribution in [3.63, 3.8) is 0 Å². The molecule has 1 aromatic heterocycles. The average molecular weight is 237 g/mol. The maximum atomic E-state index is 5.48. The van der Waals surface area contributed by atoms with Gasteiger partial charge in [-0.3, -0.25) is 4.99 Å². The Morgan fingerprint density at radius 3 is 3.00 bits per heavy atom. The first-order valence-electron chi connectivity index (χ1n) is 5.16. The summed E-state index contributed by atoms with van der Waals surface area (Å²) >= 11 is 0. The minimum atomic E-state index is 0. The first-order valence-corrected chi connectivity index (χ1v) is 5.16. The van der Waals surface area contributed by atoms with Crippen molar-refractivity contribution in [1.29, 1.82) is 0 Å². The number of aliphatic imine (C=N–C) groups is 1. The summed E-state index contributed by atoms with van der Waals surface area (Å²) in [5.74, 6) is 1.07. The number of amidine groups is 1. The van der Waals surface area contributed by atoms with Crippen LogP contribution in [0.2, 0.25) is 0 Å². The largest absolute Gasteiger partial charge is 0.464 e. The van der Waals surface area contributed by atoms with Crippen LogP contribution in [0.15, 0.2) is 39.9 Å². The lowest BCUT2D eigenvalue weighted by Crippen LogP contribution is -2.20. The zero-order valence-corrected chi connectivity index (χ0v) is 9.59. The van der Waals surface area contributed by atoms with E-state index in [0.29, 0.717) is 0 Å². The van der Waals surface area contributed by atoms with Crippen molar-refractivity contribution in [2.75, 3.05) is 13.1 Å². The highest BCUT2D eigenvalue weighted by molar-refractivity contribution is 5.91. The highest BCUT2D eigenvalue weighted by Crippen LogP contribution is 2.21. The fraction of sp³-hybridized carbons (Fsp3) is 0.250. The molecule has 1 aliphatic heterocycles. The minimum absolute atomic E-state index is 0. The van der Waals surface area contributed by atoms with Gasteiger partial charge in [-0.2, -0.15) is 0 Å². The van der Waals surface area contributed by atoms with Crippen molar-refractivity contribution in [2.45, 2.75) is 6.42 Å². The molecule has 0 fully saturated rings. The van der Waals surface area contributed by atoms with Crippen LogP contribution in [0.5, 0.6) is 0 Å². The molecule has 0 unspecified atom stereocenters. The molecule has 0 aliphatic carbocycles. The van der Waals surface area contributed by atoms with E-state index in [9.17, 15) is 0 Å². The number of hydrogen-bond acceptors (Lipinski definition) is 3.